The molecule has 6 nitrogen and oxygen atoms in total. The molecule has 7 heteroatoms. The molecule has 0 amide bonds. The third-order valence-corrected chi connectivity index (χ3v) is 3.52. The Morgan fingerprint density at radius 3 is 2.24 bits per heavy atom. The molecular weight excluding hydrogens is 295 g/mol. The predicted octanol–water partition coefficient (Wildman–Crippen LogP) is 2.72. The molecule has 112 valence electrons. The lowest BCUT2D eigenvalue weighted by atomic mass is 9.91. The zero-order valence-corrected chi connectivity index (χ0v) is 12.1. The van der Waals surface area contributed by atoms with Crippen molar-refractivity contribution in [1.29, 1.82) is 0 Å². The smallest absolute Gasteiger partial charge is 0.508 e. The molecule has 0 aliphatic heterocycles. The Morgan fingerprint density at radius 2 is 1.67 bits per heavy atom. The van der Waals surface area contributed by atoms with Gasteiger partial charge in [-0.25, -0.2) is 4.57 Å². The minimum Gasteiger partial charge on any atom is -0.508 e. The van der Waals surface area contributed by atoms with Crippen LogP contribution in [0.15, 0.2) is 42.5 Å². The Bertz CT molecular complexity index is 676. The number of hydrogen-bond donors (Lipinski definition) is 4. The number of phosphoric ester groups is 1. The molecule has 0 aliphatic rings. The highest BCUT2D eigenvalue weighted by Gasteiger charge is 2.23. The van der Waals surface area contributed by atoms with Crippen LogP contribution in [0.25, 0.3) is 0 Å². The highest BCUT2D eigenvalue weighted by molar-refractivity contribution is 7.46. The van der Waals surface area contributed by atoms with Crippen LogP contribution in [0.1, 0.15) is 24.0 Å². The van der Waals surface area contributed by atoms with Crippen LogP contribution < -0.4 is 4.52 Å². The Kier molecular flexibility index (Phi) is 4.23. The molecule has 4 N–H and O–H groups in total. The quantitative estimate of drug-likeness (QED) is 0.647. The van der Waals surface area contributed by atoms with Crippen LogP contribution in [0, 0.1) is 0 Å². The second-order valence-electron chi connectivity index (χ2n) is 4.58. The summed E-state index contributed by atoms with van der Waals surface area (Å²) in [6, 6.07) is 10.5. The Balaban J connectivity index is 2.46. The first kappa shape index (κ1) is 15.4. The maximum Gasteiger partial charge on any atom is 0.524 e. The van der Waals surface area contributed by atoms with Gasteiger partial charge in [0.1, 0.15) is 17.2 Å². The SMILES string of the molecule is CC(c1ccc(O)cc1)c1c(O)cccc1OP(=O)(O)O. The Hall–Kier alpha value is -2.01. The summed E-state index contributed by atoms with van der Waals surface area (Å²) in [5.41, 5.74) is 1.02. The second-order valence-corrected chi connectivity index (χ2v) is 5.75. The molecule has 2 aromatic rings. The molecule has 0 radical (unpaired) electrons. The van der Waals surface area contributed by atoms with E-state index in [1.54, 1.807) is 19.1 Å². The van der Waals surface area contributed by atoms with Crippen LogP contribution >= 0.6 is 7.82 Å². The number of phosphoric acid groups is 1. The normalized spacial score (nSPS) is 12.9. The molecule has 0 aliphatic carbocycles. The summed E-state index contributed by atoms with van der Waals surface area (Å²) in [6.45, 7) is 1.76. The van der Waals surface area contributed by atoms with E-state index in [0.717, 1.165) is 5.56 Å². The third kappa shape index (κ3) is 3.76. The van der Waals surface area contributed by atoms with Gasteiger partial charge in [0.25, 0.3) is 0 Å². The van der Waals surface area contributed by atoms with Crippen LogP contribution in [0.2, 0.25) is 0 Å². The van der Waals surface area contributed by atoms with Crippen molar-refractivity contribution in [3.8, 4) is 17.2 Å². The molecule has 1 unspecified atom stereocenters. The van der Waals surface area contributed by atoms with Crippen LogP contribution in [-0.4, -0.2) is 20.0 Å². The van der Waals surface area contributed by atoms with Gasteiger partial charge >= 0.3 is 7.82 Å². The molecule has 0 spiro atoms. The van der Waals surface area contributed by atoms with E-state index < -0.39 is 7.82 Å². The standard InChI is InChI=1S/C14H15O6P/c1-9(10-5-7-11(15)8-6-10)14-12(16)3-2-4-13(14)20-21(17,18)19/h2-9,15-16H,1H3,(H2,17,18,19). The van der Waals surface area contributed by atoms with E-state index in [9.17, 15) is 14.8 Å². The summed E-state index contributed by atoms with van der Waals surface area (Å²) in [5.74, 6) is -0.478. The van der Waals surface area contributed by atoms with Gasteiger partial charge in [0.2, 0.25) is 0 Å². The number of benzene rings is 2. The minimum absolute atomic E-state index is 0.0797. The van der Waals surface area contributed by atoms with Crippen molar-refractivity contribution in [2.75, 3.05) is 0 Å². The molecule has 0 aromatic heterocycles. The molecule has 21 heavy (non-hydrogen) atoms. The topological polar surface area (TPSA) is 107 Å². The van der Waals surface area contributed by atoms with Crippen molar-refractivity contribution in [2.24, 2.45) is 0 Å². The summed E-state index contributed by atoms with van der Waals surface area (Å²) in [4.78, 5) is 17.9. The first-order valence-electron chi connectivity index (χ1n) is 6.14. The van der Waals surface area contributed by atoms with Crippen LogP contribution in [0.5, 0.6) is 17.2 Å². The van der Waals surface area contributed by atoms with Gasteiger partial charge in [0.05, 0.1) is 0 Å². The van der Waals surface area contributed by atoms with Crippen LogP contribution in [0.4, 0.5) is 0 Å². The zero-order chi connectivity index (χ0) is 15.6. The van der Waals surface area contributed by atoms with Crippen molar-refractivity contribution in [2.45, 2.75) is 12.8 Å². The summed E-state index contributed by atoms with van der Waals surface area (Å²) >= 11 is 0. The van der Waals surface area contributed by atoms with Gasteiger partial charge in [-0.2, -0.15) is 0 Å². The molecule has 0 bridgehead atoms. The van der Waals surface area contributed by atoms with E-state index in [0.29, 0.717) is 0 Å². The zero-order valence-electron chi connectivity index (χ0n) is 11.2. The van der Waals surface area contributed by atoms with Gasteiger partial charge in [-0.3, -0.25) is 9.79 Å². The molecule has 0 saturated heterocycles. The average Bonchev–Trinajstić information content (AvgIpc) is 2.37. The first-order valence-corrected chi connectivity index (χ1v) is 7.67. The van der Waals surface area contributed by atoms with E-state index in [1.807, 2.05) is 0 Å². The average molecular weight is 310 g/mol. The van der Waals surface area contributed by atoms with Gasteiger partial charge in [-0.15, -0.1) is 0 Å². The van der Waals surface area contributed by atoms with Crippen molar-refractivity contribution in [3.63, 3.8) is 0 Å². The van der Waals surface area contributed by atoms with E-state index >= 15 is 0 Å². The van der Waals surface area contributed by atoms with Gasteiger partial charge in [0, 0.05) is 11.5 Å². The third-order valence-electron chi connectivity index (χ3n) is 3.09. The minimum atomic E-state index is -4.72. The number of aromatic hydroxyl groups is 2. The van der Waals surface area contributed by atoms with Crippen molar-refractivity contribution >= 4 is 7.82 Å². The molecule has 0 heterocycles. The molecule has 2 aromatic carbocycles. The predicted molar refractivity (Wildman–Crippen MR) is 76.4 cm³/mol. The highest BCUT2D eigenvalue weighted by atomic mass is 31.2. The van der Waals surface area contributed by atoms with Gasteiger partial charge in [-0.05, 0) is 29.8 Å². The van der Waals surface area contributed by atoms with E-state index in [1.165, 1.54) is 30.3 Å². The fourth-order valence-corrected chi connectivity index (χ4v) is 2.52. The van der Waals surface area contributed by atoms with Crippen molar-refractivity contribution in [3.05, 3.63) is 53.6 Å². The second kappa shape index (κ2) is 5.77. The largest absolute Gasteiger partial charge is 0.524 e. The maximum atomic E-state index is 11.0. The lowest BCUT2D eigenvalue weighted by Gasteiger charge is -2.18. The van der Waals surface area contributed by atoms with Crippen molar-refractivity contribution < 1.29 is 29.1 Å². The lowest BCUT2D eigenvalue weighted by molar-refractivity contribution is 0.281. The summed E-state index contributed by atoms with van der Waals surface area (Å²) in [7, 11) is -4.72. The lowest BCUT2D eigenvalue weighted by Crippen LogP contribution is -2.01. The first-order chi connectivity index (χ1) is 9.78. The van der Waals surface area contributed by atoms with Crippen LogP contribution in [0.3, 0.4) is 0 Å². The van der Waals surface area contributed by atoms with Gasteiger partial charge in [-0.1, -0.05) is 25.1 Å². The highest BCUT2D eigenvalue weighted by Crippen LogP contribution is 2.45. The number of phenolic OH excluding ortho intramolecular Hbond substituents is 2. The molecule has 0 saturated carbocycles. The van der Waals surface area contributed by atoms with E-state index in [2.05, 4.69) is 4.52 Å². The van der Waals surface area contributed by atoms with E-state index in [4.69, 9.17) is 9.79 Å². The molecular formula is C14H15O6P. The molecule has 0 fully saturated rings. The van der Waals surface area contributed by atoms with Crippen LogP contribution in [-0.2, 0) is 4.57 Å². The molecule has 2 rings (SSSR count). The number of hydrogen-bond acceptors (Lipinski definition) is 4. The fourth-order valence-electron chi connectivity index (χ4n) is 2.11. The summed E-state index contributed by atoms with van der Waals surface area (Å²) in [6.07, 6.45) is 0. The number of phenols is 2. The fraction of sp³-hybridized carbons (Fsp3) is 0.143. The monoisotopic (exact) mass is 310 g/mol. The van der Waals surface area contributed by atoms with Crippen molar-refractivity contribution in [1.82, 2.24) is 0 Å². The Morgan fingerprint density at radius 1 is 1.05 bits per heavy atom. The summed E-state index contributed by atoms with van der Waals surface area (Å²) < 4.78 is 15.7. The van der Waals surface area contributed by atoms with Gasteiger partial charge < -0.3 is 14.7 Å². The Labute approximate surface area is 121 Å². The molecule has 1 atom stereocenters. The maximum absolute atomic E-state index is 11.0. The number of rotatable bonds is 4. The van der Waals surface area contributed by atoms with E-state index in [-0.39, 0.29) is 28.7 Å². The van der Waals surface area contributed by atoms with Gasteiger partial charge in [0.15, 0.2) is 0 Å². The summed E-state index contributed by atoms with van der Waals surface area (Å²) in [5, 5.41) is 19.3.